The van der Waals surface area contributed by atoms with Gasteiger partial charge in [-0.15, -0.1) is 0 Å². The number of benzene rings is 2. The Balaban J connectivity index is 1.98. The molecule has 0 unspecified atom stereocenters. The van der Waals surface area contributed by atoms with Gasteiger partial charge in [-0.25, -0.2) is 4.98 Å². The van der Waals surface area contributed by atoms with Crippen LogP contribution in [0.1, 0.15) is 5.56 Å². The Morgan fingerprint density at radius 1 is 0.950 bits per heavy atom. The quantitative estimate of drug-likeness (QED) is 0.738. The van der Waals surface area contributed by atoms with Crippen molar-refractivity contribution in [3.8, 4) is 11.3 Å². The third kappa shape index (κ3) is 2.44. The first-order chi connectivity index (χ1) is 9.84. The van der Waals surface area contributed by atoms with Crippen molar-refractivity contribution in [3.05, 3.63) is 72.4 Å². The molecule has 0 spiro atoms. The van der Waals surface area contributed by atoms with E-state index in [1.165, 1.54) is 0 Å². The van der Waals surface area contributed by atoms with Crippen LogP contribution in [0.25, 0.3) is 11.3 Å². The van der Waals surface area contributed by atoms with Crippen LogP contribution in [0.5, 0.6) is 0 Å². The van der Waals surface area contributed by atoms with Gasteiger partial charge in [0.1, 0.15) is 0 Å². The predicted octanol–water partition coefficient (Wildman–Crippen LogP) is 3.01. The molecule has 0 aliphatic heterocycles. The molecule has 1 heterocycles. The summed E-state index contributed by atoms with van der Waals surface area (Å²) >= 11 is 0. The molecule has 4 nitrogen and oxygen atoms in total. The number of aromatic nitrogens is 2. The van der Waals surface area contributed by atoms with Crippen LogP contribution in [-0.2, 0) is 0 Å². The molecule has 0 bridgehead atoms. The second kappa shape index (κ2) is 5.40. The van der Waals surface area contributed by atoms with Crippen molar-refractivity contribution in [1.29, 1.82) is 0 Å². The number of nitrogens with two attached hydrogens (primary N) is 1. The number of anilines is 1. The molecule has 3 aromatic rings. The minimum Gasteiger partial charge on any atom is -0.368 e. The van der Waals surface area contributed by atoms with E-state index in [1.54, 1.807) is 17.1 Å². The standard InChI is InChI=1S/C16H14N4/c17-16-18-12-15(14-9-5-2-6-10-14)20(16)19-11-13-7-3-1-4-8-13/h1-12H,(H2,17,18)/b19-11+. The molecule has 98 valence electrons. The minimum absolute atomic E-state index is 0.371. The van der Waals surface area contributed by atoms with Gasteiger partial charge in [0.2, 0.25) is 5.95 Å². The van der Waals surface area contributed by atoms with Crippen LogP contribution < -0.4 is 5.73 Å². The van der Waals surface area contributed by atoms with Crippen molar-refractivity contribution in [2.75, 3.05) is 5.73 Å². The van der Waals surface area contributed by atoms with Crippen LogP contribution in [0.2, 0.25) is 0 Å². The van der Waals surface area contributed by atoms with E-state index in [0.29, 0.717) is 5.95 Å². The predicted molar refractivity (Wildman–Crippen MR) is 81.5 cm³/mol. The summed E-state index contributed by atoms with van der Waals surface area (Å²) in [6.45, 7) is 0. The summed E-state index contributed by atoms with van der Waals surface area (Å²) in [6, 6.07) is 19.8. The van der Waals surface area contributed by atoms with E-state index in [-0.39, 0.29) is 0 Å². The number of hydrogen-bond donors (Lipinski definition) is 1. The van der Waals surface area contributed by atoms with Crippen LogP contribution >= 0.6 is 0 Å². The second-order valence-corrected chi connectivity index (χ2v) is 4.33. The van der Waals surface area contributed by atoms with E-state index in [0.717, 1.165) is 16.8 Å². The molecule has 1 aromatic heterocycles. The highest BCUT2D eigenvalue weighted by Gasteiger charge is 2.07. The van der Waals surface area contributed by atoms with Gasteiger partial charge in [-0.05, 0) is 5.56 Å². The number of nitrogens with zero attached hydrogens (tertiary/aromatic N) is 3. The first-order valence-corrected chi connectivity index (χ1v) is 6.32. The van der Waals surface area contributed by atoms with Crippen molar-refractivity contribution in [2.45, 2.75) is 0 Å². The molecule has 0 radical (unpaired) electrons. The summed E-state index contributed by atoms with van der Waals surface area (Å²) in [6.07, 6.45) is 3.50. The van der Waals surface area contributed by atoms with Crippen LogP contribution in [0.3, 0.4) is 0 Å². The molecular weight excluding hydrogens is 248 g/mol. The van der Waals surface area contributed by atoms with E-state index >= 15 is 0 Å². The first-order valence-electron chi connectivity index (χ1n) is 6.32. The van der Waals surface area contributed by atoms with Crippen molar-refractivity contribution >= 4 is 12.2 Å². The Labute approximate surface area is 117 Å². The molecule has 0 aliphatic carbocycles. The summed E-state index contributed by atoms with van der Waals surface area (Å²) in [5.41, 5.74) is 8.79. The van der Waals surface area contributed by atoms with Gasteiger partial charge in [-0.2, -0.15) is 9.78 Å². The molecule has 0 amide bonds. The highest BCUT2D eigenvalue weighted by molar-refractivity contribution is 5.79. The lowest BCUT2D eigenvalue weighted by Gasteiger charge is -2.03. The molecule has 0 saturated carbocycles. The van der Waals surface area contributed by atoms with Crippen LogP contribution in [0.15, 0.2) is 72.0 Å². The Morgan fingerprint density at radius 3 is 2.30 bits per heavy atom. The van der Waals surface area contributed by atoms with Crippen LogP contribution in [0, 0.1) is 0 Å². The smallest absolute Gasteiger partial charge is 0.221 e. The number of nitrogen functional groups attached to an aromatic ring is 1. The Bertz CT molecular complexity index is 715. The van der Waals surface area contributed by atoms with E-state index in [4.69, 9.17) is 5.73 Å². The maximum absolute atomic E-state index is 5.88. The van der Waals surface area contributed by atoms with Gasteiger partial charge in [-0.1, -0.05) is 60.7 Å². The maximum atomic E-state index is 5.88. The third-order valence-corrected chi connectivity index (χ3v) is 2.96. The van der Waals surface area contributed by atoms with Gasteiger partial charge in [0.25, 0.3) is 0 Å². The first kappa shape index (κ1) is 12.2. The van der Waals surface area contributed by atoms with E-state index in [2.05, 4.69) is 10.1 Å². The number of imidazole rings is 1. The highest BCUT2D eigenvalue weighted by Crippen LogP contribution is 2.21. The number of hydrogen-bond acceptors (Lipinski definition) is 3. The lowest BCUT2D eigenvalue weighted by atomic mass is 10.2. The fourth-order valence-corrected chi connectivity index (χ4v) is 1.95. The van der Waals surface area contributed by atoms with Gasteiger partial charge in [0, 0.05) is 5.56 Å². The third-order valence-electron chi connectivity index (χ3n) is 2.96. The van der Waals surface area contributed by atoms with E-state index < -0.39 is 0 Å². The van der Waals surface area contributed by atoms with Crippen molar-refractivity contribution < 1.29 is 0 Å². The topological polar surface area (TPSA) is 56.2 Å². The molecule has 2 N–H and O–H groups in total. The summed E-state index contributed by atoms with van der Waals surface area (Å²) in [5, 5.41) is 4.42. The summed E-state index contributed by atoms with van der Waals surface area (Å²) in [7, 11) is 0. The van der Waals surface area contributed by atoms with Gasteiger partial charge < -0.3 is 5.73 Å². The molecule has 0 atom stereocenters. The molecule has 0 fully saturated rings. The zero-order valence-electron chi connectivity index (χ0n) is 10.8. The molecular formula is C16H14N4. The summed E-state index contributed by atoms with van der Waals surface area (Å²) < 4.78 is 1.64. The Kier molecular flexibility index (Phi) is 3.29. The van der Waals surface area contributed by atoms with Gasteiger partial charge in [0.15, 0.2) is 0 Å². The lowest BCUT2D eigenvalue weighted by Crippen LogP contribution is -2.00. The fraction of sp³-hybridized carbons (Fsp3) is 0. The second-order valence-electron chi connectivity index (χ2n) is 4.33. The van der Waals surface area contributed by atoms with E-state index in [9.17, 15) is 0 Å². The largest absolute Gasteiger partial charge is 0.368 e. The monoisotopic (exact) mass is 262 g/mol. The SMILES string of the molecule is Nc1ncc(-c2ccccc2)n1/N=C/c1ccccc1. The van der Waals surface area contributed by atoms with Crippen LogP contribution in [0.4, 0.5) is 5.95 Å². The number of rotatable bonds is 3. The average Bonchev–Trinajstić information content (AvgIpc) is 2.88. The minimum atomic E-state index is 0.371. The summed E-state index contributed by atoms with van der Waals surface area (Å²) in [4.78, 5) is 4.13. The highest BCUT2D eigenvalue weighted by atomic mass is 15.4. The maximum Gasteiger partial charge on any atom is 0.221 e. The van der Waals surface area contributed by atoms with Crippen molar-refractivity contribution in [1.82, 2.24) is 9.66 Å². The Hall–Kier alpha value is -2.88. The molecule has 4 heteroatoms. The van der Waals surface area contributed by atoms with E-state index in [1.807, 2.05) is 60.7 Å². The molecule has 0 aliphatic rings. The van der Waals surface area contributed by atoms with Gasteiger partial charge in [-0.3, -0.25) is 0 Å². The molecule has 20 heavy (non-hydrogen) atoms. The van der Waals surface area contributed by atoms with Crippen molar-refractivity contribution in [2.24, 2.45) is 5.10 Å². The molecule has 2 aromatic carbocycles. The molecule has 3 rings (SSSR count). The fourth-order valence-electron chi connectivity index (χ4n) is 1.95. The van der Waals surface area contributed by atoms with Crippen molar-refractivity contribution in [3.63, 3.8) is 0 Å². The molecule has 0 saturated heterocycles. The Morgan fingerprint density at radius 2 is 1.60 bits per heavy atom. The zero-order chi connectivity index (χ0) is 13.8. The lowest BCUT2D eigenvalue weighted by molar-refractivity contribution is 0.906. The van der Waals surface area contributed by atoms with Gasteiger partial charge in [0.05, 0.1) is 18.1 Å². The van der Waals surface area contributed by atoms with Gasteiger partial charge >= 0.3 is 0 Å². The normalized spacial score (nSPS) is 11.0. The van der Waals surface area contributed by atoms with Crippen LogP contribution in [-0.4, -0.2) is 15.9 Å². The zero-order valence-corrected chi connectivity index (χ0v) is 10.8. The average molecular weight is 262 g/mol. The summed E-state index contributed by atoms with van der Waals surface area (Å²) in [5.74, 6) is 0.371.